The van der Waals surface area contributed by atoms with Crippen LogP contribution < -0.4 is 5.32 Å². The maximum atomic E-state index is 12.0. The molecule has 1 aromatic rings. The summed E-state index contributed by atoms with van der Waals surface area (Å²) in [5.41, 5.74) is 1.25. The SMILES string of the molecule is CCC(C)CC(C)NC(=O)c1cnc(C)cc1Cl. The smallest absolute Gasteiger partial charge is 0.254 e. The Balaban J connectivity index is 2.65. The maximum absolute atomic E-state index is 12.0. The molecular weight excluding hydrogens is 248 g/mol. The van der Waals surface area contributed by atoms with Crippen LogP contribution in [0.15, 0.2) is 12.3 Å². The summed E-state index contributed by atoms with van der Waals surface area (Å²) in [6, 6.07) is 1.85. The second-order valence-electron chi connectivity index (χ2n) is 4.93. The van der Waals surface area contributed by atoms with Gasteiger partial charge in [-0.1, -0.05) is 31.9 Å². The molecule has 2 unspecified atom stereocenters. The molecule has 0 aliphatic carbocycles. The normalized spacial score (nSPS) is 14.1. The molecule has 1 rings (SSSR count). The predicted molar refractivity (Wildman–Crippen MR) is 75.0 cm³/mol. The highest BCUT2D eigenvalue weighted by atomic mass is 35.5. The van der Waals surface area contributed by atoms with Crippen LogP contribution in [0.5, 0.6) is 0 Å². The molecule has 1 aromatic heterocycles. The first-order valence-corrected chi connectivity index (χ1v) is 6.74. The Morgan fingerprint density at radius 1 is 1.50 bits per heavy atom. The van der Waals surface area contributed by atoms with Gasteiger partial charge in [0.05, 0.1) is 10.6 Å². The standard InChI is InChI=1S/C14H21ClN2O/c1-5-9(2)6-11(4)17-14(18)12-8-16-10(3)7-13(12)15/h7-9,11H,5-6H2,1-4H3,(H,17,18). The van der Waals surface area contributed by atoms with E-state index in [1.54, 1.807) is 6.07 Å². The van der Waals surface area contributed by atoms with Crippen molar-refractivity contribution in [3.63, 3.8) is 0 Å². The van der Waals surface area contributed by atoms with Crippen LogP contribution in [0.1, 0.15) is 49.7 Å². The van der Waals surface area contributed by atoms with Crippen LogP contribution in [-0.4, -0.2) is 16.9 Å². The molecule has 18 heavy (non-hydrogen) atoms. The zero-order valence-electron chi connectivity index (χ0n) is 11.5. The van der Waals surface area contributed by atoms with Gasteiger partial charge in [-0.2, -0.15) is 0 Å². The van der Waals surface area contributed by atoms with Crippen LogP contribution in [0.2, 0.25) is 5.02 Å². The van der Waals surface area contributed by atoms with E-state index in [4.69, 9.17) is 11.6 Å². The number of hydrogen-bond donors (Lipinski definition) is 1. The molecule has 100 valence electrons. The van der Waals surface area contributed by atoms with E-state index in [1.807, 2.05) is 13.8 Å². The van der Waals surface area contributed by atoms with Crippen molar-refractivity contribution < 1.29 is 4.79 Å². The van der Waals surface area contributed by atoms with Crippen molar-refractivity contribution in [3.05, 3.63) is 28.5 Å². The van der Waals surface area contributed by atoms with Crippen LogP contribution in [0.4, 0.5) is 0 Å². The van der Waals surface area contributed by atoms with Gasteiger partial charge in [-0.15, -0.1) is 0 Å². The molecule has 0 aliphatic rings. The van der Waals surface area contributed by atoms with Gasteiger partial charge in [-0.05, 0) is 32.3 Å². The summed E-state index contributed by atoms with van der Waals surface area (Å²) in [5, 5.41) is 3.41. The van der Waals surface area contributed by atoms with Crippen LogP contribution in [0, 0.1) is 12.8 Å². The number of rotatable bonds is 5. The second-order valence-corrected chi connectivity index (χ2v) is 5.34. The molecule has 1 amide bonds. The van der Waals surface area contributed by atoms with Crippen molar-refractivity contribution in [2.45, 2.75) is 46.6 Å². The van der Waals surface area contributed by atoms with E-state index in [9.17, 15) is 4.79 Å². The number of amides is 1. The molecule has 2 atom stereocenters. The van der Waals surface area contributed by atoms with Crippen molar-refractivity contribution in [1.29, 1.82) is 0 Å². The van der Waals surface area contributed by atoms with E-state index in [-0.39, 0.29) is 11.9 Å². The average molecular weight is 269 g/mol. The number of aryl methyl sites for hydroxylation is 1. The molecule has 1 heterocycles. The third-order valence-electron chi connectivity index (χ3n) is 3.07. The Labute approximate surface area is 114 Å². The molecule has 3 nitrogen and oxygen atoms in total. The van der Waals surface area contributed by atoms with Crippen molar-refractivity contribution >= 4 is 17.5 Å². The third-order valence-corrected chi connectivity index (χ3v) is 3.38. The predicted octanol–water partition coefficient (Wildman–Crippen LogP) is 3.60. The van der Waals surface area contributed by atoms with Gasteiger partial charge in [0.25, 0.3) is 5.91 Å². The van der Waals surface area contributed by atoms with E-state index in [1.165, 1.54) is 6.20 Å². The van der Waals surface area contributed by atoms with Crippen LogP contribution in [-0.2, 0) is 0 Å². The van der Waals surface area contributed by atoms with E-state index >= 15 is 0 Å². The average Bonchev–Trinajstić information content (AvgIpc) is 2.28. The molecule has 0 fully saturated rings. The van der Waals surface area contributed by atoms with Crippen molar-refractivity contribution in [2.24, 2.45) is 5.92 Å². The van der Waals surface area contributed by atoms with Crippen molar-refractivity contribution in [3.8, 4) is 0 Å². The highest BCUT2D eigenvalue weighted by Crippen LogP contribution is 2.16. The van der Waals surface area contributed by atoms with Crippen LogP contribution in [0.25, 0.3) is 0 Å². The van der Waals surface area contributed by atoms with Gasteiger partial charge in [-0.25, -0.2) is 0 Å². The summed E-state index contributed by atoms with van der Waals surface area (Å²) in [5.74, 6) is 0.454. The molecular formula is C14H21ClN2O. The number of pyridine rings is 1. The fourth-order valence-corrected chi connectivity index (χ4v) is 2.12. The summed E-state index contributed by atoms with van der Waals surface area (Å²) in [7, 11) is 0. The van der Waals surface area contributed by atoms with Crippen molar-refractivity contribution in [1.82, 2.24) is 10.3 Å². The molecule has 0 spiro atoms. The molecule has 1 N–H and O–H groups in total. The van der Waals surface area contributed by atoms with E-state index < -0.39 is 0 Å². The third kappa shape index (κ3) is 4.30. The Kier molecular flexibility index (Phi) is 5.60. The minimum atomic E-state index is -0.150. The number of hydrogen-bond acceptors (Lipinski definition) is 2. The van der Waals surface area contributed by atoms with E-state index in [0.29, 0.717) is 16.5 Å². The Morgan fingerprint density at radius 3 is 2.72 bits per heavy atom. The van der Waals surface area contributed by atoms with Crippen LogP contribution in [0.3, 0.4) is 0 Å². The maximum Gasteiger partial charge on any atom is 0.254 e. The first-order valence-electron chi connectivity index (χ1n) is 6.37. The molecule has 0 bridgehead atoms. The highest BCUT2D eigenvalue weighted by Gasteiger charge is 2.15. The fourth-order valence-electron chi connectivity index (χ4n) is 1.82. The van der Waals surface area contributed by atoms with Gasteiger partial charge in [0.2, 0.25) is 0 Å². The number of carbonyl (C=O) groups is 1. The Morgan fingerprint density at radius 2 is 2.17 bits per heavy atom. The number of carbonyl (C=O) groups excluding carboxylic acids is 1. The zero-order valence-corrected chi connectivity index (χ0v) is 12.2. The zero-order chi connectivity index (χ0) is 13.7. The lowest BCUT2D eigenvalue weighted by atomic mass is 10.0. The monoisotopic (exact) mass is 268 g/mol. The first kappa shape index (κ1) is 15.0. The summed E-state index contributed by atoms with van der Waals surface area (Å²) in [4.78, 5) is 16.1. The summed E-state index contributed by atoms with van der Waals surface area (Å²) in [6.45, 7) is 8.20. The lowest BCUT2D eigenvalue weighted by molar-refractivity contribution is 0.0935. The number of halogens is 1. The minimum absolute atomic E-state index is 0.143. The first-order chi connectivity index (χ1) is 8.43. The molecule has 0 radical (unpaired) electrons. The fraction of sp³-hybridized carbons (Fsp3) is 0.571. The van der Waals surface area contributed by atoms with E-state index in [0.717, 1.165) is 18.5 Å². The Bertz CT molecular complexity index is 420. The largest absolute Gasteiger partial charge is 0.349 e. The highest BCUT2D eigenvalue weighted by molar-refractivity contribution is 6.33. The number of nitrogens with one attached hydrogen (secondary N) is 1. The number of aromatic nitrogens is 1. The topological polar surface area (TPSA) is 42.0 Å². The summed E-state index contributed by atoms with van der Waals surface area (Å²) in [6.07, 6.45) is 3.62. The van der Waals surface area contributed by atoms with Crippen LogP contribution >= 0.6 is 11.6 Å². The van der Waals surface area contributed by atoms with Crippen molar-refractivity contribution in [2.75, 3.05) is 0 Å². The molecule has 4 heteroatoms. The number of nitrogens with zero attached hydrogens (tertiary/aromatic N) is 1. The minimum Gasteiger partial charge on any atom is -0.349 e. The van der Waals surface area contributed by atoms with Gasteiger partial charge >= 0.3 is 0 Å². The molecule has 0 aromatic carbocycles. The second kappa shape index (κ2) is 6.74. The Hall–Kier alpha value is -1.09. The lowest BCUT2D eigenvalue weighted by Crippen LogP contribution is -2.34. The van der Waals surface area contributed by atoms with E-state index in [2.05, 4.69) is 24.1 Å². The van der Waals surface area contributed by atoms with Gasteiger partial charge < -0.3 is 5.32 Å². The summed E-state index contributed by atoms with van der Waals surface area (Å²) >= 11 is 6.04. The summed E-state index contributed by atoms with van der Waals surface area (Å²) < 4.78 is 0. The van der Waals surface area contributed by atoms with Gasteiger partial charge in [0.15, 0.2) is 0 Å². The molecule has 0 saturated heterocycles. The lowest BCUT2D eigenvalue weighted by Gasteiger charge is -2.17. The van der Waals surface area contributed by atoms with Gasteiger partial charge in [0, 0.05) is 17.9 Å². The quantitative estimate of drug-likeness (QED) is 0.887. The molecule has 0 saturated carbocycles. The molecule has 0 aliphatic heterocycles. The van der Waals surface area contributed by atoms with Gasteiger partial charge in [-0.3, -0.25) is 9.78 Å². The van der Waals surface area contributed by atoms with Gasteiger partial charge in [0.1, 0.15) is 0 Å².